The van der Waals surface area contributed by atoms with E-state index in [1.807, 2.05) is 51.1 Å². The third kappa shape index (κ3) is 3.88. The Morgan fingerprint density at radius 2 is 1.88 bits per heavy atom. The van der Waals surface area contributed by atoms with Crippen molar-refractivity contribution in [2.75, 3.05) is 0 Å². The van der Waals surface area contributed by atoms with Crippen LogP contribution in [0, 0.1) is 6.92 Å². The van der Waals surface area contributed by atoms with Crippen LogP contribution in [0.25, 0.3) is 11.5 Å². The topological polar surface area (TPSA) is 85.0 Å². The summed E-state index contributed by atoms with van der Waals surface area (Å²) < 4.78 is 5.70. The van der Waals surface area contributed by atoms with Crippen LogP contribution in [-0.4, -0.2) is 37.0 Å². The fourth-order valence-electron chi connectivity index (χ4n) is 2.30. The van der Waals surface area contributed by atoms with E-state index in [9.17, 15) is 4.79 Å². The van der Waals surface area contributed by atoms with Gasteiger partial charge in [-0.3, -0.25) is 9.78 Å². The Hall–Kier alpha value is -3.09. The maximum absolute atomic E-state index is 12.7. The van der Waals surface area contributed by atoms with Crippen LogP contribution in [0.3, 0.4) is 0 Å². The molecule has 1 amide bonds. The second-order valence-corrected chi connectivity index (χ2v) is 5.94. The van der Waals surface area contributed by atoms with E-state index in [0.717, 1.165) is 11.3 Å². The third-order valence-corrected chi connectivity index (χ3v) is 3.68. The maximum Gasteiger partial charge on any atom is 0.274 e. The molecule has 0 spiro atoms. The Bertz CT molecular complexity index is 843. The van der Waals surface area contributed by atoms with Gasteiger partial charge in [-0.15, -0.1) is 10.2 Å². The zero-order valence-electron chi connectivity index (χ0n) is 14.4. The molecule has 0 radical (unpaired) electrons. The normalized spacial score (nSPS) is 10.9. The highest BCUT2D eigenvalue weighted by atomic mass is 16.4. The van der Waals surface area contributed by atoms with Gasteiger partial charge in [-0.2, -0.15) is 0 Å². The zero-order valence-corrected chi connectivity index (χ0v) is 14.4. The van der Waals surface area contributed by atoms with Gasteiger partial charge in [0.05, 0.1) is 18.4 Å². The Balaban J connectivity index is 1.79. The van der Waals surface area contributed by atoms with Gasteiger partial charge in [0.1, 0.15) is 5.69 Å². The summed E-state index contributed by atoms with van der Waals surface area (Å²) >= 11 is 0. The molecule has 0 aliphatic rings. The Kier molecular flexibility index (Phi) is 4.83. The predicted molar refractivity (Wildman–Crippen MR) is 91.5 cm³/mol. The number of rotatable bonds is 5. The Labute approximate surface area is 145 Å². The second-order valence-electron chi connectivity index (χ2n) is 5.94. The Morgan fingerprint density at radius 1 is 1.12 bits per heavy atom. The summed E-state index contributed by atoms with van der Waals surface area (Å²) in [6.45, 7) is 5.89. The number of hydrogen-bond acceptors (Lipinski definition) is 6. The monoisotopic (exact) mass is 337 g/mol. The summed E-state index contributed by atoms with van der Waals surface area (Å²) in [5.41, 5.74) is 1.90. The van der Waals surface area contributed by atoms with Gasteiger partial charge in [-0.1, -0.05) is 18.2 Å². The summed E-state index contributed by atoms with van der Waals surface area (Å²) in [4.78, 5) is 22.6. The van der Waals surface area contributed by atoms with Gasteiger partial charge in [0.25, 0.3) is 5.91 Å². The van der Waals surface area contributed by atoms with Gasteiger partial charge in [-0.25, -0.2) is 4.98 Å². The molecule has 0 bridgehead atoms. The van der Waals surface area contributed by atoms with E-state index in [4.69, 9.17) is 4.42 Å². The minimum absolute atomic E-state index is 0.0531. The van der Waals surface area contributed by atoms with Gasteiger partial charge in [0, 0.05) is 17.8 Å². The second kappa shape index (κ2) is 7.21. The molecule has 0 atom stereocenters. The van der Waals surface area contributed by atoms with E-state index in [0.29, 0.717) is 17.5 Å². The van der Waals surface area contributed by atoms with Crippen molar-refractivity contribution in [1.29, 1.82) is 0 Å². The van der Waals surface area contributed by atoms with Crippen molar-refractivity contribution in [3.8, 4) is 11.5 Å². The fourth-order valence-corrected chi connectivity index (χ4v) is 2.30. The SMILES string of the molecule is Cc1cnc(C(=O)N(Cc2nnc(-c3ccccc3)o2)C(C)C)cn1. The summed E-state index contributed by atoms with van der Waals surface area (Å²) in [5.74, 6) is 0.588. The van der Waals surface area contributed by atoms with Gasteiger partial charge >= 0.3 is 0 Å². The third-order valence-electron chi connectivity index (χ3n) is 3.68. The molecule has 2 aromatic heterocycles. The first-order chi connectivity index (χ1) is 12.0. The fraction of sp³-hybridized carbons (Fsp3) is 0.278. The van der Waals surface area contributed by atoms with Crippen molar-refractivity contribution >= 4 is 5.91 Å². The summed E-state index contributed by atoms with van der Waals surface area (Å²) in [7, 11) is 0. The number of amides is 1. The molecule has 0 aliphatic carbocycles. The van der Waals surface area contributed by atoms with Gasteiger partial charge in [-0.05, 0) is 32.9 Å². The summed E-state index contributed by atoms with van der Waals surface area (Å²) in [6, 6.07) is 9.46. The van der Waals surface area contributed by atoms with Crippen LogP contribution < -0.4 is 0 Å². The minimum Gasteiger partial charge on any atom is -0.419 e. The molecule has 0 unspecified atom stereocenters. The van der Waals surface area contributed by atoms with Crippen molar-refractivity contribution in [2.45, 2.75) is 33.4 Å². The molecular formula is C18H19N5O2. The molecule has 25 heavy (non-hydrogen) atoms. The molecule has 0 aliphatic heterocycles. The van der Waals surface area contributed by atoms with Crippen LogP contribution in [0.2, 0.25) is 0 Å². The lowest BCUT2D eigenvalue weighted by atomic mass is 10.2. The van der Waals surface area contributed by atoms with Crippen molar-refractivity contribution in [2.24, 2.45) is 0 Å². The van der Waals surface area contributed by atoms with Crippen molar-refractivity contribution < 1.29 is 9.21 Å². The molecule has 7 heteroatoms. The lowest BCUT2D eigenvalue weighted by molar-refractivity contribution is 0.0666. The summed E-state index contributed by atoms with van der Waals surface area (Å²) in [6.07, 6.45) is 3.06. The van der Waals surface area contributed by atoms with Crippen LogP contribution in [0.4, 0.5) is 0 Å². The first-order valence-electron chi connectivity index (χ1n) is 8.02. The molecule has 1 aromatic carbocycles. The smallest absolute Gasteiger partial charge is 0.274 e. The number of carbonyl (C=O) groups is 1. The highest BCUT2D eigenvalue weighted by Gasteiger charge is 2.23. The van der Waals surface area contributed by atoms with Gasteiger partial charge < -0.3 is 9.32 Å². The molecule has 128 valence electrons. The average molecular weight is 337 g/mol. The maximum atomic E-state index is 12.7. The number of nitrogens with zero attached hydrogens (tertiary/aromatic N) is 5. The van der Waals surface area contributed by atoms with Crippen LogP contribution >= 0.6 is 0 Å². The number of aryl methyl sites for hydroxylation is 1. The van der Waals surface area contributed by atoms with Gasteiger partial charge in [0.15, 0.2) is 0 Å². The van der Waals surface area contributed by atoms with Crippen LogP contribution in [0.15, 0.2) is 47.1 Å². The minimum atomic E-state index is -0.220. The number of aromatic nitrogens is 4. The van der Waals surface area contributed by atoms with Gasteiger partial charge in [0.2, 0.25) is 11.8 Å². The van der Waals surface area contributed by atoms with Crippen molar-refractivity contribution in [1.82, 2.24) is 25.1 Å². The molecule has 2 heterocycles. The van der Waals surface area contributed by atoms with E-state index >= 15 is 0 Å². The van der Waals surface area contributed by atoms with E-state index in [1.165, 1.54) is 6.20 Å². The predicted octanol–water partition coefficient (Wildman–Crippen LogP) is 2.89. The molecule has 3 aromatic rings. The molecule has 7 nitrogen and oxygen atoms in total. The molecule has 0 saturated carbocycles. The van der Waals surface area contributed by atoms with E-state index in [-0.39, 0.29) is 18.5 Å². The lowest BCUT2D eigenvalue weighted by Crippen LogP contribution is -2.37. The molecule has 0 fully saturated rings. The lowest BCUT2D eigenvalue weighted by Gasteiger charge is -2.24. The highest BCUT2D eigenvalue weighted by molar-refractivity contribution is 5.92. The van der Waals surface area contributed by atoms with Crippen LogP contribution in [0.1, 0.15) is 35.9 Å². The molecular weight excluding hydrogens is 318 g/mol. The number of benzene rings is 1. The van der Waals surface area contributed by atoms with Crippen LogP contribution in [0.5, 0.6) is 0 Å². The summed E-state index contributed by atoms with van der Waals surface area (Å²) in [5, 5.41) is 8.12. The quantitative estimate of drug-likeness (QED) is 0.711. The first kappa shape index (κ1) is 16.8. The van der Waals surface area contributed by atoms with E-state index in [2.05, 4.69) is 20.2 Å². The standard InChI is InChI=1S/C18H19N5O2/c1-12(2)23(18(24)15-10-19-13(3)9-20-15)11-16-21-22-17(25-16)14-7-5-4-6-8-14/h4-10,12H,11H2,1-3H3. The van der Waals surface area contributed by atoms with Crippen molar-refractivity contribution in [3.63, 3.8) is 0 Å². The first-order valence-corrected chi connectivity index (χ1v) is 8.02. The number of carbonyl (C=O) groups excluding carboxylic acids is 1. The Morgan fingerprint density at radius 3 is 2.52 bits per heavy atom. The van der Waals surface area contributed by atoms with E-state index < -0.39 is 0 Å². The van der Waals surface area contributed by atoms with Crippen LogP contribution in [-0.2, 0) is 6.54 Å². The molecule has 0 N–H and O–H groups in total. The average Bonchev–Trinajstić information content (AvgIpc) is 3.09. The molecule has 3 rings (SSSR count). The molecule has 0 saturated heterocycles. The van der Waals surface area contributed by atoms with E-state index in [1.54, 1.807) is 11.1 Å². The van der Waals surface area contributed by atoms with Crippen molar-refractivity contribution in [3.05, 3.63) is 60.0 Å². The largest absolute Gasteiger partial charge is 0.419 e. The zero-order chi connectivity index (χ0) is 17.8. The number of hydrogen-bond donors (Lipinski definition) is 0. The highest BCUT2D eigenvalue weighted by Crippen LogP contribution is 2.19.